The molecule has 6 heteroatoms. The van der Waals surface area contributed by atoms with Gasteiger partial charge >= 0.3 is 6.01 Å². The van der Waals surface area contributed by atoms with Crippen LogP contribution in [0, 0.1) is 0 Å². The minimum atomic E-state index is 0.194. The van der Waals surface area contributed by atoms with Gasteiger partial charge in [-0.15, -0.1) is 5.10 Å². The van der Waals surface area contributed by atoms with Crippen LogP contribution in [-0.4, -0.2) is 21.8 Å². The molecule has 0 fully saturated rings. The van der Waals surface area contributed by atoms with Gasteiger partial charge in [0, 0.05) is 18.1 Å². The fourth-order valence-corrected chi connectivity index (χ4v) is 1.88. The highest BCUT2D eigenvalue weighted by atomic mass is 35.5. The van der Waals surface area contributed by atoms with Gasteiger partial charge in [0.1, 0.15) is 12.1 Å². The van der Waals surface area contributed by atoms with Crippen LogP contribution in [0.1, 0.15) is 18.5 Å². The molecule has 96 valence electrons. The third-order valence-electron chi connectivity index (χ3n) is 2.66. The van der Waals surface area contributed by atoms with Crippen LogP contribution in [0.25, 0.3) is 0 Å². The lowest BCUT2D eigenvalue weighted by Crippen LogP contribution is -2.12. The Kier molecular flexibility index (Phi) is 3.84. The van der Waals surface area contributed by atoms with E-state index in [4.69, 9.17) is 16.3 Å². The summed E-state index contributed by atoms with van der Waals surface area (Å²) in [6.07, 6.45) is 1.58. The molecule has 18 heavy (non-hydrogen) atoms. The van der Waals surface area contributed by atoms with Gasteiger partial charge in [-0.2, -0.15) is 4.98 Å². The summed E-state index contributed by atoms with van der Waals surface area (Å²) < 4.78 is 7.08. The smallest absolute Gasteiger partial charge is 0.340 e. The Bertz CT molecular complexity index is 541. The number of rotatable bonds is 4. The Hall–Kier alpha value is -1.59. The third-order valence-corrected chi connectivity index (χ3v) is 2.99. The number of hydrogen-bond acceptors (Lipinski definition) is 4. The molecule has 5 nitrogen and oxygen atoms in total. The molecule has 0 radical (unpaired) electrons. The summed E-state index contributed by atoms with van der Waals surface area (Å²) in [7, 11) is 3.67. The lowest BCUT2D eigenvalue weighted by atomic mass is 10.1. The molecule has 0 spiro atoms. The summed E-state index contributed by atoms with van der Waals surface area (Å²) in [5, 5.41) is 7.84. The van der Waals surface area contributed by atoms with E-state index < -0.39 is 0 Å². The Balaban J connectivity index is 2.18. The molecule has 2 rings (SSSR count). The Labute approximate surface area is 111 Å². The molecule has 1 atom stereocenters. The molecular formula is C12H15ClN4O. The number of benzene rings is 1. The molecule has 0 amide bonds. The van der Waals surface area contributed by atoms with Crippen molar-refractivity contribution in [1.29, 1.82) is 0 Å². The number of halogens is 1. The van der Waals surface area contributed by atoms with Crippen molar-refractivity contribution in [2.24, 2.45) is 7.05 Å². The van der Waals surface area contributed by atoms with Gasteiger partial charge in [0.05, 0.1) is 0 Å². The minimum absolute atomic E-state index is 0.194. The summed E-state index contributed by atoms with van der Waals surface area (Å²) in [6.45, 7) is 2.04. The zero-order valence-electron chi connectivity index (χ0n) is 10.5. The normalized spacial score (nSPS) is 12.4. The Morgan fingerprint density at radius 2 is 2.22 bits per heavy atom. The lowest BCUT2D eigenvalue weighted by Gasteiger charge is -2.13. The van der Waals surface area contributed by atoms with Crippen LogP contribution in [0.2, 0.25) is 5.02 Å². The standard InChI is InChI=1S/C12H15ClN4O/c1-8(14-2)10-5-4-9(6-11(10)13)18-12-15-7-17(3)16-12/h4-8,14H,1-3H3. The number of nitrogens with one attached hydrogen (secondary N) is 1. The maximum Gasteiger partial charge on any atom is 0.340 e. The fraction of sp³-hybridized carbons (Fsp3) is 0.333. The van der Waals surface area contributed by atoms with Crippen molar-refractivity contribution in [1.82, 2.24) is 20.1 Å². The van der Waals surface area contributed by atoms with Crippen LogP contribution in [-0.2, 0) is 7.05 Å². The van der Waals surface area contributed by atoms with Gasteiger partial charge in [-0.05, 0) is 31.7 Å². The minimum Gasteiger partial charge on any atom is -0.423 e. The SMILES string of the molecule is CNC(C)c1ccc(Oc2ncn(C)n2)cc1Cl. The predicted octanol–water partition coefficient (Wildman–Crippen LogP) is 2.54. The number of ether oxygens (including phenoxy) is 1. The van der Waals surface area contributed by atoms with Gasteiger partial charge in [0.15, 0.2) is 0 Å². The predicted molar refractivity (Wildman–Crippen MR) is 70.0 cm³/mol. The molecule has 2 aromatic rings. The van der Waals surface area contributed by atoms with E-state index in [1.807, 2.05) is 26.1 Å². The largest absolute Gasteiger partial charge is 0.423 e. The Morgan fingerprint density at radius 3 is 2.78 bits per heavy atom. The maximum absolute atomic E-state index is 6.21. The van der Waals surface area contributed by atoms with Crippen molar-refractivity contribution in [3.05, 3.63) is 35.1 Å². The van der Waals surface area contributed by atoms with Crippen molar-refractivity contribution in [2.75, 3.05) is 7.05 Å². The summed E-state index contributed by atoms with van der Waals surface area (Å²) in [5.74, 6) is 0.623. The topological polar surface area (TPSA) is 52.0 Å². The molecule has 1 aromatic carbocycles. The number of hydrogen-bond donors (Lipinski definition) is 1. The first-order valence-corrected chi connectivity index (χ1v) is 5.98. The number of aromatic nitrogens is 3. The summed E-state index contributed by atoms with van der Waals surface area (Å²) in [6, 6.07) is 6.05. The van der Waals surface area contributed by atoms with Crippen LogP contribution >= 0.6 is 11.6 Å². The fourth-order valence-electron chi connectivity index (χ4n) is 1.55. The van der Waals surface area contributed by atoms with E-state index in [2.05, 4.69) is 15.4 Å². The first kappa shape index (κ1) is 12.9. The van der Waals surface area contributed by atoms with Crippen LogP contribution in [0.4, 0.5) is 0 Å². The first-order valence-electron chi connectivity index (χ1n) is 5.60. The molecule has 1 heterocycles. The van der Waals surface area contributed by atoms with Crippen molar-refractivity contribution in [2.45, 2.75) is 13.0 Å². The maximum atomic E-state index is 6.21. The summed E-state index contributed by atoms with van der Waals surface area (Å²) >= 11 is 6.21. The number of nitrogens with zero attached hydrogens (tertiary/aromatic N) is 3. The van der Waals surface area contributed by atoms with Crippen molar-refractivity contribution in [3.63, 3.8) is 0 Å². The Morgan fingerprint density at radius 1 is 1.44 bits per heavy atom. The van der Waals surface area contributed by atoms with Crippen molar-refractivity contribution < 1.29 is 4.74 Å². The van der Waals surface area contributed by atoms with E-state index >= 15 is 0 Å². The molecular weight excluding hydrogens is 252 g/mol. The molecule has 0 aliphatic heterocycles. The van der Waals surface area contributed by atoms with Crippen LogP contribution in [0.15, 0.2) is 24.5 Å². The molecule has 1 aromatic heterocycles. The molecule has 1 unspecified atom stereocenters. The van der Waals surface area contributed by atoms with Gasteiger partial charge in [0.2, 0.25) is 0 Å². The van der Waals surface area contributed by atoms with Crippen LogP contribution < -0.4 is 10.1 Å². The van der Waals surface area contributed by atoms with Gasteiger partial charge in [-0.1, -0.05) is 17.7 Å². The van der Waals surface area contributed by atoms with E-state index in [1.54, 1.807) is 24.1 Å². The second-order valence-electron chi connectivity index (χ2n) is 4.00. The molecule has 0 aliphatic rings. The van der Waals surface area contributed by atoms with Gasteiger partial charge in [0.25, 0.3) is 0 Å². The quantitative estimate of drug-likeness (QED) is 0.924. The zero-order chi connectivity index (χ0) is 13.1. The highest BCUT2D eigenvalue weighted by Crippen LogP contribution is 2.28. The van der Waals surface area contributed by atoms with E-state index in [0.29, 0.717) is 16.8 Å². The summed E-state index contributed by atoms with van der Waals surface area (Å²) in [4.78, 5) is 3.99. The first-order chi connectivity index (χ1) is 8.60. The van der Waals surface area contributed by atoms with E-state index in [0.717, 1.165) is 5.56 Å². The second-order valence-corrected chi connectivity index (χ2v) is 4.40. The van der Waals surface area contributed by atoms with Crippen LogP contribution in [0.3, 0.4) is 0 Å². The molecule has 0 aliphatic carbocycles. The average Bonchev–Trinajstić information content (AvgIpc) is 2.74. The highest BCUT2D eigenvalue weighted by Gasteiger charge is 2.10. The van der Waals surface area contributed by atoms with Crippen molar-refractivity contribution >= 4 is 11.6 Å². The van der Waals surface area contributed by atoms with Gasteiger partial charge < -0.3 is 10.1 Å². The van der Waals surface area contributed by atoms with Crippen molar-refractivity contribution in [3.8, 4) is 11.8 Å². The third kappa shape index (κ3) is 2.80. The van der Waals surface area contributed by atoms with E-state index in [-0.39, 0.29) is 6.04 Å². The lowest BCUT2D eigenvalue weighted by molar-refractivity contribution is 0.438. The molecule has 0 saturated carbocycles. The molecule has 0 saturated heterocycles. The second kappa shape index (κ2) is 5.37. The monoisotopic (exact) mass is 266 g/mol. The summed E-state index contributed by atoms with van der Waals surface area (Å²) in [5.41, 5.74) is 1.03. The van der Waals surface area contributed by atoms with Gasteiger partial charge in [-0.25, -0.2) is 0 Å². The van der Waals surface area contributed by atoms with Gasteiger partial charge in [-0.3, -0.25) is 4.68 Å². The molecule has 1 N–H and O–H groups in total. The molecule has 0 bridgehead atoms. The van der Waals surface area contributed by atoms with Crippen LogP contribution in [0.5, 0.6) is 11.8 Å². The highest BCUT2D eigenvalue weighted by molar-refractivity contribution is 6.31. The zero-order valence-corrected chi connectivity index (χ0v) is 11.3. The number of aryl methyl sites for hydroxylation is 1. The van der Waals surface area contributed by atoms with E-state index in [1.165, 1.54) is 0 Å². The van der Waals surface area contributed by atoms with E-state index in [9.17, 15) is 0 Å². The average molecular weight is 267 g/mol.